The molecule has 0 aliphatic rings. The minimum atomic E-state index is -1.17. The first-order valence-electron chi connectivity index (χ1n) is 8.57. The number of urea groups is 1. The summed E-state index contributed by atoms with van der Waals surface area (Å²) in [5.74, 6) is 0.291. The lowest BCUT2D eigenvalue weighted by Crippen LogP contribution is -2.44. The van der Waals surface area contributed by atoms with Gasteiger partial charge in [0.05, 0.1) is 35.7 Å². The number of aliphatic hydroxyl groups is 2. The summed E-state index contributed by atoms with van der Waals surface area (Å²) in [6.45, 7) is 2.99. The number of amides is 2. The quantitative estimate of drug-likeness (QED) is 0.550. The van der Waals surface area contributed by atoms with Gasteiger partial charge in [0.1, 0.15) is 5.82 Å². The second-order valence-electron chi connectivity index (χ2n) is 6.91. The zero-order chi connectivity index (χ0) is 19.6. The maximum absolute atomic E-state index is 12.5. The molecule has 0 saturated carbocycles. The molecule has 3 rings (SSSR count). The molecule has 1 unspecified atom stereocenters. The normalized spacial score (nSPS) is 12.8. The van der Waals surface area contributed by atoms with Gasteiger partial charge in [-0.15, -0.1) is 0 Å². The minimum absolute atomic E-state index is 0.274. The monoisotopic (exact) mass is 369 g/mol. The maximum atomic E-state index is 12.5. The molecule has 0 fully saturated rings. The standard InChI is InChI=1S/C19H23N5O3/c1-19(2,27)17(12-7-5-4-6-8-12)23-18(26)22-15-9-13-10-20-24(3)16(13)14(11-25)21-15/h4-10,17,25,27H,11H2,1-3H3,(H2,21,22,23,26). The van der Waals surface area contributed by atoms with Crippen LogP contribution in [0.25, 0.3) is 10.9 Å². The fourth-order valence-corrected chi connectivity index (χ4v) is 3.06. The smallest absolute Gasteiger partial charge is 0.320 e. The van der Waals surface area contributed by atoms with Crippen molar-refractivity contribution in [3.63, 3.8) is 0 Å². The number of nitrogens with one attached hydrogen (secondary N) is 2. The fraction of sp³-hybridized carbons (Fsp3) is 0.316. The second-order valence-corrected chi connectivity index (χ2v) is 6.91. The average molecular weight is 369 g/mol. The number of hydrogen-bond donors (Lipinski definition) is 4. The number of carbonyl (C=O) groups excluding carboxylic acids is 1. The Morgan fingerprint density at radius 2 is 2.00 bits per heavy atom. The zero-order valence-electron chi connectivity index (χ0n) is 15.5. The van der Waals surface area contributed by atoms with E-state index < -0.39 is 17.7 Å². The van der Waals surface area contributed by atoms with Crippen molar-refractivity contribution >= 4 is 22.8 Å². The van der Waals surface area contributed by atoms with Gasteiger partial charge in [0.2, 0.25) is 0 Å². The molecule has 0 spiro atoms. The molecule has 1 aromatic carbocycles. The summed E-state index contributed by atoms with van der Waals surface area (Å²) in [7, 11) is 1.76. The van der Waals surface area contributed by atoms with Gasteiger partial charge in [-0.25, -0.2) is 9.78 Å². The van der Waals surface area contributed by atoms with E-state index in [4.69, 9.17) is 0 Å². The molecule has 8 nitrogen and oxygen atoms in total. The van der Waals surface area contributed by atoms with Crippen molar-refractivity contribution in [2.45, 2.75) is 32.1 Å². The summed E-state index contributed by atoms with van der Waals surface area (Å²) in [6.07, 6.45) is 1.64. The van der Waals surface area contributed by atoms with E-state index in [1.54, 1.807) is 37.8 Å². The van der Waals surface area contributed by atoms with Crippen molar-refractivity contribution in [2.24, 2.45) is 7.05 Å². The molecule has 2 aromatic heterocycles. The molecule has 2 heterocycles. The van der Waals surface area contributed by atoms with Crippen LogP contribution in [0.1, 0.15) is 31.1 Å². The number of nitrogens with zero attached hydrogens (tertiary/aromatic N) is 3. The lowest BCUT2D eigenvalue weighted by atomic mass is 9.92. The van der Waals surface area contributed by atoms with E-state index in [0.717, 1.165) is 10.9 Å². The third kappa shape index (κ3) is 4.07. The molecule has 0 aliphatic heterocycles. The van der Waals surface area contributed by atoms with E-state index >= 15 is 0 Å². The van der Waals surface area contributed by atoms with Crippen LogP contribution in [-0.4, -0.2) is 36.6 Å². The third-order valence-electron chi connectivity index (χ3n) is 4.29. The first-order chi connectivity index (χ1) is 12.8. The maximum Gasteiger partial charge on any atom is 0.320 e. The Kier molecular flexibility index (Phi) is 5.11. The Morgan fingerprint density at radius 1 is 1.30 bits per heavy atom. The van der Waals surface area contributed by atoms with Crippen LogP contribution in [0, 0.1) is 0 Å². The summed E-state index contributed by atoms with van der Waals surface area (Å²) in [5.41, 5.74) is 0.745. The highest BCUT2D eigenvalue weighted by atomic mass is 16.3. The fourth-order valence-electron chi connectivity index (χ4n) is 3.06. The van der Waals surface area contributed by atoms with E-state index in [2.05, 4.69) is 20.7 Å². The van der Waals surface area contributed by atoms with Crippen molar-refractivity contribution < 1.29 is 15.0 Å². The number of hydrogen-bond acceptors (Lipinski definition) is 5. The van der Waals surface area contributed by atoms with Crippen molar-refractivity contribution in [1.82, 2.24) is 20.1 Å². The van der Waals surface area contributed by atoms with Gasteiger partial charge >= 0.3 is 6.03 Å². The molecule has 142 valence electrons. The summed E-state index contributed by atoms with van der Waals surface area (Å²) in [4.78, 5) is 16.8. The van der Waals surface area contributed by atoms with Crippen LogP contribution in [0.4, 0.5) is 10.6 Å². The van der Waals surface area contributed by atoms with Crippen LogP contribution in [0.5, 0.6) is 0 Å². The first-order valence-corrected chi connectivity index (χ1v) is 8.57. The third-order valence-corrected chi connectivity index (χ3v) is 4.29. The predicted molar refractivity (Wildman–Crippen MR) is 102 cm³/mol. The Hall–Kier alpha value is -2.97. The number of benzene rings is 1. The number of rotatable bonds is 5. The Labute approximate surface area is 156 Å². The molecular weight excluding hydrogens is 346 g/mol. The second kappa shape index (κ2) is 7.34. The number of aromatic nitrogens is 3. The Morgan fingerprint density at radius 3 is 2.63 bits per heavy atom. The molecular formula is C19H23N5O3. The van der Waals surface area contributed by atoms with E-state index in [1.165, 1.54) is 0 Å². The van der Waals surface area contributed by atoms with E-state index in [1.807, 2.05) is 30.3 Å². The van der Waals surface area contributed by atoms with Gasteiger partial charge in [-0.3, -0.25) is 10.00 Å². The Balaban J connectivity index is 1.83. The van der Waals surface area contributed by atoms with Crippen LogP contribution >= 0.6 is 0 Å². The number of pyridine rings is 1. The summed E-state index contributed by atoms with van der Waals surface area (Å²) >= 11 is 0. The van der Waals surface area contributed by atoms with Crippen LogP contribution in [0.2, 0.25) is 0 Å². The zero-order valence-corrected chi connectivity index (χ0v) is 15.5. The lowest BCUT2D eigenvalue weighted by molar-refractivity contribution is 0.0415. The van der Waals surface area contributed by atoms with Crippen molar-refractivity contribution in [3.05, 3.63) is 53.9 Å². The minimum Gasteiger partial charge on any atom is -0.390 e. The number of fused-ring (bicyclic) bond motifs is 1. The van der Waals surface area contributed by atoms with E-state index in [-0.39, 0.29) is 6.61 Å². The van der Waals surface area contributed by atoms with Gasteiger partial charge < -0.3 is 15.5 Å². The predicted octanol–water partition coefficient (Wildman–Crippen LogP) is 2.09. The van der Waals surface area contributed by atoms with Gasteiger partial charge in [0.15, 0.2) is 0 Å². The highest BCUT2D eigenvalue weighted by Gasteiger charge is 2.30. The average Bonchev–Trinajstić information content (AvgIpc) is 3.00. The SMILES string of the molecule is Cn1ncc2cc(NC(=O)NC(c3ccccc3)C(C)(C)O)nc(CO)c21. The number of aryl methyl sites for hydroxylation is 1. The van der Waals surface area contributed by atoms with Crippen LogP contribution in [-0.2, 0) is 13.7 Å². The molecule has 0 bridgehead atoms. The molecule has 8 heteroatoms. The molecule has 3 aromatic rings. The molecule has 4 N–H and O–H groups in total. The molecule has 2 amide bonds. The summed E-state index contributed by atoms with van der Waals surface area (Å²) < 4.78 is 1.62. The number of aliphatic hydroxyl groups excluding tert-OH is 1. The van der Waals surface area contributed by atoms with Crippen LogP contribution < -0.4 is 10.6 Å². The van der Waals surface area contributed by atoms with Crippen LogP contribution in [0.15, 0.2) is 42.6 Å². The van der Waals surface area contributed by atoms with Crippen molar-refractivity contribution in [3.8, 4) is 0 Å². The van der Waals surface area contributed by atoms with Gasteiger partial charge in [0.25, 0.3) is 0 Å². The van der Waals surface area contributed by atoms with Gasteiger partial charge in [0, 0.05) is 12.4 Å². The van der Waals surface area contributed by atoms with E-state index in [9.17, 15) is 15.0 Å². The lowest BCUT2D eigenvalue weighted by Gasteiger charge is -2.30. The Bertz CT molecular complexity index is 947. The van der Waals surface area contributed by atoms with Crippen molar-refractivity contribution in [1.29, 1.82) is 0 Å². The molecule has 0 saturated heterocycles. The van der Waals surface area contributed by atoms with E-state index in [0.29, 0.717) is 17.0 Å². The van der Waals surface area contributed by atoms with Gasteiger partial charge in [-0.2, -0.15) is 5.10 Å². The molecule has 0 radical (unpaired) electrons. The van der Waals surface area contributed by atoms with Crippen molar-refractivity contribution in [2.75, 3.05) is 5.32 Å². The summed E-state index contributed by atoms with van der Waals surface area (Å²) in [6, 6.07) is 9.80. The molecule has 1 atom stereocenters. The molecule has 27 heavy (non-hydrogen) atoms. The highest BCUT2D eigenvalue weighted by Crippen LogP contribution is 2.26. The topological polar surface area (TPSA) is 112 Å². The largest absolute Gasteiger partial charge is 0.390 e. The summed E-state index contributed by atoms with van der Waals surface area (Å²) in [5, 5.41) is 30.4. The number of carbonyl (C=O) groups is 1. The van der Waals surface area contributed by atoms with Gasteiger partial charge in [-0.1, -0.05) is 30.3 Å². The van der Waals surface area contributed by atoms with Gasteiger partial charge in [-0.05, 0) is 25.5 Å². The molecule has 0 aliphatic carbocycles. The van der Waals surface area contributed by atoms with Crippen LogP contribution in [0.3, 0.4) is 0 Å². The number of anilines is 1. The first kappa shape index (κ1) is 18.8. The highest BCUT2D eigenvalue weighted by molar-refractivity contribution is 5.92.